The van der Waals surface area contributed by atoms with Crippen LogP contribution in [0.25, 0.3) is 16.9 Å². The van der Waals surface area contributed by atoms with Crippen molar-refractivity contribution in [2.75, 3.05) is 48.4 Å². The fraction of sp³-hybridized carbons (Fsp3) is 0.379. The minimum absolute atomic E-state index is 0.0619. The molecule has 41 heavy (non-hydrogen) atoms. The smallest absolute Gasteiger partial charge is 0.271 e. The van der Waals surface area contributed by atoms with Gasteiger partial charge in [-0.25, -0.2) is 19.9 Å². The zero-order valence-corrected chi connectivity index (χ0v) is 23.2. The zero-order valence-electron chi connectivity index (χ0n) is 23.2. The molecule has 0 spiro atoms. The Hall–Kier alpha value is -4.58. The van der Waals surface area contributed by atoms with Gasteiger partial charge in [0.15, 0.2) is 11.5 Å². The number of aromatic nitrogens is 5. The molecule has 0 aliphatic carbocycles. The number of rotatable bonds is 6. The summed E-state index contributed by atoms with van der Waals surface area (Å²) in [6, 6.07) is 6.41. The molecular formula is C29H33N9O3. The average molecular weight is 556 g/mol. The molecule has 1 aromatic carbocycles. The molecule has 0 radical (unpaired) electrons. The van der Waals surface area contributed by atoms with E-state index in [0.717, 1.165) is 24.1 Å². The number of imidazole rings is 1. The van der Waals surface area contributed by atoms with E-state index in [-0.39, 0.29) is 23.8 Å². The zero-order chi connectivity index (χ0) is 28.5. The van der Waals surface area contributed by atoms with Gasteiger partial charge in [0.25, 0.3) is 5.91 Å². The third-order valence-corrected chi connectivity index (χ3v) is 7.65. The van der Waals surface area contributed by atoms with Crippen molar-refractivity contribution in [2.45, 2.75) is 39.2 Å². The molecule has 2 aliphatic rings. The molecular weight excluding hydrogens is 522 g/mol. The van der Waals surface area contributed by atoms with Gasteiger partial charge in [0.05, 0.1) is 18.9 Å². The Morgan fingerprint density at radius 2 is 1.90 bits per heavy atom. The second kappa shape index (κ2) is 11.1. The summed E-state index contributed by atoms with van der Waals surface area (Å²) in [5, 5.41) is 3.01. The van der Waals surface area contributed by atoms with Crippen molar-refractivity contribution >= 4 is 34.9 Å². The molecule has 6 rings (SSSR count). The number of carbonyl (C=O) groups is 2. The van der Waals surface area contributed by atoms with Crippen LogP contribution in [-0.4, -0.2) is 75.0 Å². The predicted molar refractivity (Wildman–Crippen MR) is 155 cm³/mol. The highest BCUT2D eigenvalue weighted by atomic mass is 16.5. The Morgan fingerprint density at radius 1 is 1.12 bits per heavy atom. The molecule has 0 bridgehead atoms. The number of hydrogen-bond donors (Lipinski definition) is 2. The quantitative estimate of drug-likeness (QED) is 0.366. The molecule has 5 heterocycles. The highest BCUT2D eigenvalue weighted by Gasteiger charge is 2.26. The van der Waals surface area contributed by atoms with Crippen LogP contribution in [0.2, 0.25) is 0 Å². The Balaban J connectivity index is 1.20. The number of nitrogens with zero attached hydrogens (tertiary/aromatic N) is 7. The van der Waals surface area contributed by atoms with E-state index in [0.29, 0.717) is 67.7 Å². The normalized spacial score (nSPS) is 17.0. The first-order valence-corrected chi connectivity index (χ1v) is 13.9. The first-order chi connectivity index (χ1) is 19.9. The van der Waals surface area contributed by atoms with Crippen molar-refractivity contribution in [3.63, 3.8) is 0 Å². The van der Waals surface area contributed by atoms with Gasteiger partial charge in [0.1, 0.15) is 5.69 Å². The molecule has 4 aromatic rings. The van der Waals surface area contributed by atoms with Crippen molar-refractivity contribution in [2.24, 2.45) is 0 Å². The number of ether oxygens (including phenoxy) is 1. The molecule has 1 saturated heterocycles. The number of fused-ring (bicyclic) bond motifs is 2. The molecule has 12 heteroatoms. The maximum atomic E-state index is 13.2. The highest BCUT2D eigenvalue weighted by Crippen LogP contribution is 2.32. The van der Waals surface area contributed by atoms with Crippen molar-refractivity contribution in [1.29, 1.82) is 0 Å². The Morgan fingerprint density at radius 3 is 2.66 bits per heavy atom. The first-order valence-electron chi connectivity index (χ1n) is 13.9. The monoisotopic (exact) mass is 555 g/mol. The minimum Gasteiger partial charge on any atom is -0.378 e. The summed E-state index contributed by atoms with van der Waals surface area (Å²) < 4.78 is 7.35. The third-order valence-electron chi connectivity index (χ3n) is 7.65. The van der Waals surface area contributed by atoms with Crippen molar-refractivity contribution in [3.8, 4) is 11.3 Å². The fourth-order valence-electron chi connectivity index (χ4n) is 5.54. The van der Waals surface area contributed by atoms with Crippen molar-refractivity contribution in [3.05, 3.63) is 59.8 Å². The molecule has 1 fully saturated rings. The Labute approximate surface area is 237 Å². The van der Waals surface area contributed by atoms with Gasteiger partial charge in [-0.3, -0.25) is 9.59 Å². The summed E-state index contributed by atoms with van der Waals surface area (Å²) in [5.74, 6) is 0.665. The number of nitrogens with one attached hydrogen (secondary N) is 1. The van der Waals surface area contributed by atoms with Crippen LogP contribution in [0.5, 0.6) is 0 Å². The van der Waals surface area contributed by atoms with E-state index in [4.69, 9.17) is 15.5 Å². The van der Waals surface area contributed by atoms with E-state index in [1.54, 1.807) is 25.5 Å². The number of amides is 2. The predicted octanol–water partition coefficient (Wildman–Crippen LogP) is 2.27. The van der Waals surface area contributed by atoms with Gasteiger partial charge in [-0.15, -0.1) is 0 Å². The molecule has 212 valence electrons. The molecule has 0 saturated carbocycles. The number of hydrogen-bond acceptors (Lipinski definition) is 9. The fourth-order valence-corrected chi connectivity index (χ4v) is 5.54. The molecule has 2 amide bonds. The summed E-state index contributed by atoms with van der Waals surface area (Å²) in [6.07, 6.45) is 9.33. The van der Waals surface area contributed by atoms with E-state index in [1.807, 2.05) is 27.6 Å². The van der Waals surface area contributed by atoms with Gasteiger partial charge in [-0.1, -0.05) is 12.1 Å². The van der Waals surface area contributed by atoms with Crippen LogP contribution in [-0.2, 0) is 22.4 Å². The van der Waals surface area contributed by atoms with Crippen LogP contribution >= 0.6 is 0 Å². The summed E-state index contributed by atoms with van der Waals surface area (Å²) in [4.78, 5) is 47.0. The molecule has 3 aromatic heterocycles. The number of carbonyl (C=O) groups excluding carboxylic acids is 2. The lowest BCUT2D eigenvalue weighted by molar-refractivity contribution is -0.117. The molecule has 3 N–H and O–H groups in total. The first kappa shape index (κ1) is 26.6. The van der Waals surface area contributed by atoms with Crippen LogP contribution in [0.4, 0.5) is 17.5 Å². The van der Waals surface area contributed by atoms with E-state index < -0.39 is 0 Å². The van der Waals surface area contributed by atoms with E-state index in [9.17, 15) is 9.59 Å². The topological polar surface area (TPSA) is 144 Å². The van der Waals surface area contributed by atoms with Crippen LogP contribution in [0.1, 0.15) is 41.9 Å². The second-order valence-corrected chi connectivity index (χ2v) is 10.5. The second-order valence-electron chi connectivity index (χ2n) is 10.5. The van der Waals surface area contributed by atoms with Gasteiger partial charge in [-0.2, -0.15) is 0 Å². The maximum absolute atomic E-state index is 13.2. The lowest BCUT2D eigenvalue weighted by Gasteiger charge is -2.34. The highest BCUT2D eigenvalue weighted by molar-refractivity contribution is 5.94. The van der Waals surface area contributed by atoms with Crippen LogP contribution < -0.4 is 20.9 Å². The van der Waals surface area contributed by atoms with Crippen molar-refractivity contribution in [1.82, 2.24) is 29.7 Å². The number of nitrogen functional groups attached to an aromatic ring is 1. The standard InChI is InChI=1S/C29H33N9O3/c1-18-3-5-21-13-20(4-6-25(21)38(18)19(2)39)7-8-31-28(40)24-17-37-16-23(22-14-32-29(30)33-15-22)34-26(27(37)35-24)36-9-11-41-12-10-36/h4,6,13-18H,3,5,7-12H2,1-2H3,(H,31,40)(H2,30,32,33). The van der Waals surface area contributed by atoms with E-state index >= 15 is 0 Å². The summed E-state index contributed by atoms with van der Waals surface area (Å²) >= 11 is 0. The number of morpholine rings is 1. The number of benzene rings is 1. The van der Waals surface area contributed by atoms with Crippen LogP contribution in [0, 0.1) is 0 Å². The lowest BCUT2D eigenvalue weighted by Crippen LogP contribution is -2.40. The molecule has 1 unspecified atom stereocenters. The lowest BCUT2D eigenvalue weighted by atomic mass is 9.94. The minimum atomic E-state index is -0.256. The number of aryl methyl sites for hydroxylation is 1. The largest absolute Gasteiger partial charge is 0.378 e. The summed E-state index contributed by atoms with van der Waals surface area (Å²) in [7, 11) is 0. The Kier molecular flexibility index (Phi) is 7.23. The summed E-state index contributed by atoms with van der Waals surface area (Å²) in [5.41, 5.74) is 11.2. The van der Waals surface area contributed by atoms with E-state index in [2.05, 4.69) is 38.2 Å². The SMILES string of the molecule is CC(=O)N1c2ccc(CCNC(=O)c3cn4cc(-c5cnc(N)nc5)nc(N5CCOCC5)c4n3)cc2CCC1C. The van der Waals surface area contributed by atoms with Crippen LogP contribution in [0.15, 0.2) is 43.0 Å². The van der Waals surface area contributed by atoms with E-state index in [1.165, 1.54) is 5.56 Å². The Bertz CT molecular complexity index is 1600. The molecule has 2 aliphatic heterocycles. The van der Waals surface area contributed by atoms with Gasteiger partial charge in [-0.05, 0) is 43.4 Å². The van der Waals surface area contributed by atoms with Gasteiger partial charge in [0, 0.05) is 68.6 Å². The number of nitrogens with two attached hydrogens (primary N) is 1. The number of anilines is 3. The molecule has 1 atom stereocenters. The average Bonchev–Trinajstić information content (AvgIpc) is 3.42. The third kappa shape index (κ3) is 5.42. The van der Waals surface area contributed by atoms with Gasteiger partial charge >= 0.3 is 0 Å². The van der Waals surface area contributed by atoms with Gasteiger partial charge < -0.3 is 30.0 Å². The van der Waals surface area contributed by atoms with Crippen molar-refractivity contribution < 1.29 is 14.3 Å². The molecule has 12 nitrogen and oxygen atoms in total. The van der Waals surface area contributed by atoms with Crippen LogP contribution in [0.3, 0.4) is 0 Å². The van der Waals surface area contributed by atoms with Gasteiger partial charge in [0.2, 0.25) is 11.9 Å². The summed E-state index contributed by atoms with van der Waals surface area (Å²) in [6.45, 7) is 6.67. The maximum Gasteiger partial charge on any atom is 0.271 e.